The van der Waals surface area contributed by atoms with Crippen molar-refractivity contribution in [3.05, 3.63) is 29.8 Å². The first kappa shape index (κ1) is 18.8. The summed E-state index contributed by atoms with van der Waals surface area (Å²) in [5.74, 6) is 0.155. The van der Waals surface area contributed by atoms with Gasteiger partial charge in [-0.3, -0.25) is 9.59 Å². The second kappa shape index (κ2) is 8.14. The quantitative estimate of drug-likeness (QED) is 0.820. The SMILES string of the molecule is CCC(NC(=O)C1CC2CCCC(C1)C2=O)c1ccccc1OC(F)F. The lowest BCUT2D eigenvalue weighted by Crippen LogP contribution is -2.43. The molecule has 0 heterocycles. The standard InChI is InChI=1S/C20H25F2NO3/c1-2-16(15-8-3-4-9-17(15)26-20(21)22)23-19(25)14-10-12-6-5-7-13(11-14)18(12)24/h3-4,8-9,12-14,16,20H,2,5-7,10-11H2,1H3,(H,23,25). The number of halogens is 2. The molecule has 6 heteroatoms. The molecular formula is C20H25F2NO3. The molecule has 0 aromatic heterocycles. The zero-order valence-electron chi connectivity index (χ0n) is 14.9. The van der Waals surface area contributed by atoms with E-state index in [9.17, 15) is 18.4 Å². The molecular weight excluding hydrogens is 340 g/mol. The van der Waals surface area contributed by atoms with Crippen molar-refractivity contribution in [2.75, 3.05) is 0 Å². The summed E-state index contributed by atoms with van der Waals surface area (Å²) in [5, 5.41) is 3.00. The molecule has 0 saturated heterocycles. The lowest BCUT2D eigenvalue weighted by molar-refractivity contribution is -0.138. The maximum Gasteiger partial charge on any atom is 0.387 e. The Kier molecular flexibility index (Phi) is 5.89. The van der Waals surface area contributed by atoms with Gasteiger partial charge in [-0.05, 0) is 38.2 Å². The van der Waals surface area contributed by atoms with Crippen molar-refractivity contribution in [1.29, 1.82) is 0 Å². The average Bonchev–Trinajstić information content (AvgIpc) is 2.59. The van der Waals surface area contributed by atoms with Crippen LogP contribution in [0.2, 0.25) is 0 Å². The normalized spacial score (nSPS) is 26.5. The Balaban J connectivity index is 1.71. The number of benzene rings is 1. The maximum absolute atomic E-state index is 12.8. The van der Waals surface area contributed by atoms with E-state index in [4.69, 9.17) is 0 Å². The largest absolute Gasteiger partial charge is 0.434 e. The third-order valence-corrected chi connectivity index (χ3v) is 5.65. The first-order valence-corrected chi connectivity index (χ1v) is 9.37. The van der Waals surface area contributed by atoms with Crippen LogP contribution in [-0.4, -0.2) is 18.3 Å². The van der Waals surface area contributed by atoms with Crippen LogP contribution >= 0.6 is 0 Å². The van der Waals surface area contributed by atoms with E-state index in [1.807, 2.05) is 6.92 Å². The minimum absolute atomic E-state index is 0.00720. The molecule has 4 nitrogen and oxygen atoms in total. The number of carbonyl (C=O) groups excluding carboxylic acids is 2. The number of rotatable bonds is 6. The van der Waals surface area contributed by atoms with Gasteiger partial charge in [-0.15, -0.1) is 0 Å². The van der Waals surface area contributed by atoms with Gasteiger partial charge in [0.1, 0.15) is 11.5 Å². The van der Waals surface area contributed by atoms with Gasteiger partial charge in [-0.2, -0.15) is 8.78 Å². The highest BCUT2D eigenvalue weighted by atomic mass is 19.3. The van der Waals surface area contributed by atoms with Crippen molar-refractivity contribution in [2.24, 2.45) is 17.8 Å². The van der Waals surface area contributed by atoms with Gasteiger partial charge in [0.2, 0.25) is 5.91 Å². The highest BCUT2D eigenvalue weighted by Gasteiger charge is 2.41. The van der Waals surface area contributed by atoms with Crippen molar-refractivity contribution in [2.45, 2.75) is 58.1 Å². The Morgan fingerprint density at radius 1 is 1.23 bits per heavy atom. The number of ether oxygens (including phenoxy) is 1. The number of alkyl halides is 2. The van der Waals surface area contributed by atoms with E-state index in [1.54, 1.807) is 18.2 Å². The summed E-state index contributed by atoms with van der Waals surface area (Å²) < 4.78 is 29.9. The summed E-state index contributed by atoms with van der Waals surface area (Å²) in [7, 11) is 0. The molecule has 142 valence electrons. The van der Waals surface area contributed by atoms with Gasteiger partial charge in [0.05, 0.1) is 6.04 Å². The summed E-state index contributed by atoms with van der Waals surface area (Å²) in [4.78, 5) is 25.0. The minimum atomic E-state index is -2.91. The first-order chi connectivity index (χ1) is 12.5. The van der Waals surface area contributed by atoms with Gasteiger partial charge in [-0.25, -0.2) is 0 Å². The minimum Gasteiger partial charge on any atom is -0.434 e. The number of carbonyl (C=O) groups is 2. The summed E-state index contributed by atoms with van der Waals surface area (Å²) in [5.41, 5.74) is 0.552. The van der Waals surface area contributed by atoms with Crippen LogP contribution in [0.5, 0.6) is 5.75 Å². The maximum atomic E-state index is 12.8. The van der Waals surface area contributed by atoms with Crippen LogP contribution in [0, 0.1) is 17.8 Å². The van der Waals surface area contributed by atoms with E-state index in [0.717, 1.165) is 19.3 Å². The molecule has 26 heavy (non-hydrogen) atoms. The zero-order chi connectivity index (χ0) is 18.7. The molecule has 3 unspecified atom stereocenters. The van der Waals surface area contributed by atoms with Gasteiger partial charge in [0, 0.05) is 23.3 Å². The molecule has 2 aliphatic rings. The third-order valence-electron chi connectivity index (χ3n) is 5.65. The second-order valence-electron chi connectivity index (χ2n) is 7.28. The number of fused-ring (bicyclic) bond motifs is 2. The van der Waals surface area contributed by atoms with Crippen LogP contribution in [-0.2, 0) is 9.59 Å². The van der Waals surface area contributed by atoms with Crippen LogP contribution in [0.1, 0.15) is 57.1 Å². The molecule has 2 saturated carbocycles. The van der Waals surface area contributed by atoms with E-state index in [-0.39, 0.29) is 29.4 Å². The van der Waals surface area contributed by atoms with Crippen molar-refractivity contribution < 1.29 is 23.1 Å². The van der Waals surface area contributed by atoms with Crippen molar-refractivity contribution in [1.82, 2.24) is 5.32 Å². The fraction of sp³-hybridized carbons (Fsp3) is 0.600. The number of nitrogens with one attached hydrogen (secondary N) is 1. The van der Waals surface area contributed by atoms with Crippen LogP contribution in [0.25, 0.3) is 0 Å². The van der Waals surface area contributed by atoms with Crippen LogP contribution in [0.15, 0.2) is 24.3 Å². The molecule has 2 fully saturated rings. The van der Waals surface area contributed by atoms with E-state index in [1.165, 1.54) is 6.07 Å². The lowest BCUT2D eigenvalue weighted by atomic mass is 9.67. The van der Waals surface area contributed by atoms with Crippen molar-refractivity contribution >= 4 is 11.7 Å². The highest BCUT2D eigenvalue weighted by molar-refractivity contribution is 5.88. The number of hydrogen-bond donors (Lipinski definition) is 1. The topological polar surface area (TPSA) is 55.4 Å². The first-order valence-electron chi connectivity index (χ1n) is 9.37. The third kappa shape index (κ3) is 4.05. The summed E-state index contributed by atoms with van der Waals surface area (Å²) >= 11 is 0. The number of Topliss-reactive ketones (excluding diaryl/α,β-unsaturated/α-hetero) is 1. The van der Waals surface area contributed by atoms with Crippen molar-refractivity contribution in [3.8, 4) is 5.75 Å². The van der Waals surface area contributed by atoms with E-state index in [2.05, 4.69) is 10.1 Å². The van der Waals surface area contributed by atoms with E-state index in [0.29, 0.717) is 30.6 Å². The molecule has 0 aliphatic heterocycles. The van der Waals surface area contributed by atoms with Crippen LogP contribution < -0.4 is 10.1 Å². The molecule has 1 N–H and O–H groups in total. The fourth-order valence-corrected chi connectivity index (χ4v) is 4.35. The Morgan fingerprint density at radius 2 is 1.88 bits per heavy atom. The predicted molar refractivity (Wildman–Crippen MR) is 92.8 cm³/mol. The van der Waals surface area contributed by atoms with Gasteiger partial charge in [-0.1, -0.05) is 31.5 Å². The molecule has 3 rings (SSSR count). The molecule has 1 amide bonds. The van der Waals surface area contributed by atoms with E-state index < -0.39 is 12.7 Å². The van der Waals surface area contributed by atoms with E-state index >= 15 is 0 Å². The lowest BCUT2D eigenvalue weighted by Gasteiger charge is -2.37. The Labute approximate surface area is 152 Å². The molecule has 0 spiro atoms. The molecule has 3 atom stereocenters. The highest BCUT2D eigenvalue weighted by Crippen LogP contribution is 2.40. The number of hydrogen-bond acceptors (Lipinski definition) is 3. The van der Waals surface area contributed by atoms with Gasteiger partial charge in [0.15, 0.2) is 0 Å². The number of para-hydroxylation sites is 1. The fourth-order valence-electron chi connectivity index (χ4n) is 4.35. The smallest absolute Gasteiger partial charge is 0.387 e. The summed E-state index contributed by atoms with van der Waals surface area (Å²) in [6.45, 7) is -1.02. The Bertz CT molecular complexity index is 648. The molecule has 2 bridgehead atoms. The molecule has 1 aromatic carbocycles. The van der Waals surface area contributed by atoms with Gasteiger partial charge < -0.3 is 10.1 Å². The monoisotopic (exact) mass is 365 g/mol. The molecule has 2 aliphatic carbocycles. The van der Waals surface area contributed by atoms with Gasteiger partial charge >= 0.3 is 6.61 Å². The Hall–Kier alpha value is -1.98. The Morgan fingerprint density at radius 3 is 2.50 bits per heavy atom. The molecule has 1 aromatic rings. The summed E-state index contributed by atoms with van der Waals surface area (Å²) in [6.07, 6.45) is 4.58. The van der Waals surface area contributed by atoms with Gasteiger partial charge in [0.25, 0.3) is 0 Å². The summed E-state index contributed by atoms with van der Waals surface area (Å²) in [6, 6.07) is 6.16. The zero-order valence-corrected chi connectivity index (χ0v) is 14.9. The average molecular weight is 365 g/mol. The van der Waals surface area contributed by atoms with Crippen molar-refractivity contribution in [3.63, 3.8) is 0 Å². The second-order valence-corrected chi connectivity index (χ2v) is 7.28. The van der Waals surface area contributed by atoms with Crippen LogP contribution in [0.3, 0.4) is 0 Å². The predicted octanol–water partition coefficient (Wildman–Crippen LogP) is 4.25. The van der Waals surface area contributed by atoms with Crippen LogP contribution in [0.4, 0.5) is 8.78 Å². The number of amides is 1. The molecule has 0 radical (unpaired) electrons. The number of ketones is 1.